The summed E-state index contributed by atoms with van der Waals surface area (Å²) in [6, 6.07) is 11.7. The fourth-order valence-corrected chi connectivity index (χ4v) is 2.70. The number of halogens is 3. The van der Waals surface area contributed by atoms with Crippen molar-refractivity contribution in [2.45, 2.75) is 25.4 Å². The van der Waals surface area contributed by atoms with Crippen LogP contribution in [0.3, 0.4) is 0 Å². The van der Waals surface area contributed by atoms with Crippen LogP contribution in [0.25, 0.3) is 0 Å². The molecule has 0 heterocycles. The van der Waals surface area contributed by atoms with Crippen LogP contribution in [0.4, 0.5) is 8.78 Å². The van der Waals surface area contributed by atoms with Gasteiger partial charge in [0.2, 0.25) is 0 Å². The molecule has 4 heteroatoms. The highest BCUT2D eigenvalue weighted by Gasteiger charge is 2.27. The molecule has 0 saturated heterocycles. The van der Waals surface area contributed by atoms with Crippen LogP contribution < -0.4 is 0 Å². The quantitative estimate of drug-likeness (QED) is 0.780. The minimum absolute atomic E-state index is 0.149. The van der Waals surface area contributed by atoms with E-state index in [1.807, 2.05) is 37.3 Å². The summed E-state index contributed by atoms with van der Waals surface area (Å²) in [5.74, 6) is -1.83. The number of hydrogen-bond acceptors (Lipinski definition) is 1. The van der Waals surface area contributed by atoms with Gasteiger partial charge < -0.3 is 5.11 Å². The van der Waals surface area contributed by atoms with Crippen molar-refractivity contribution < 1.29 is 13.9 Å². The van der Waals surface area contributed by atoms with Crippen molar-refractivity contribution in [3.63, 3.8) is 0 Å². The molecule has 20 heavy (non-hydrogen) atoms. The van der Waals surface area contributed by atoms with Crippen molar-refractivity contribution in [2.75, 3.05) is 0 Å². The zero-order valence-corrected chi connectivity index (χ0v) is 12.6. The molecule has 0 bridgehead atoms. The van der Waals surface area contributed by atoms with Gasteiger partial charge in [0.05, 0.1) is 16.1 Å². The van der Waals surface area contributed by atoms with Crippen LogP contribution in [0.1, 0.15) is 36.5 Å². The first kappa shape index (κ1) is 15.1. The van der Waals surface area contributed by atoms with Gasteiger partial charge in [0.1, 0.15) is 11.6 Å². The Bertz CT molecular complexity index is 587. The van der Waals surface area contributed by atoms with E-state index >= 15 is 0 Å². The molecule has 1 nitrogen and oxygen atoms in total. The average molecular weight is 341 g/mol. The summed E-state index contributed by atoms with van der Waals surface area (Å²) in [7, 11) is 0. The van der Waals surface area contributed by atoms with Gasteiger partial charge in [0.15, 0.2) is 0 Å². The highest BCUT2D eigenvalue weighted by molar-refractivity contribution is 9.10. The molecule has 0 fully saturated rings. The zero-order chi connectivity index (χ0) is 14.7. The predicted molar refractivity (Wildman–Crippen MR) is 78.5 cm³/mol. The first-order valence-electron chi connectivity index (χ1n) is 6.42. The van der Waals surface area contributed by atoms with E-state index in [0.717, 1.165) is 11.6 Å². The largest absolute Gasteiger partial charge is 0.388 e. The molecule has 2 rings (SSSR count). The van der Waals surface area contributed by atoms with Crippen LogP contribution in [0.2, 0.25) is 0 Å². The molecular weight excluding hydrogens is 326 g/mol. The van der Waals surface area contributed by atoms with Crippen LogP contribution in [0.15, 0.2) is 46.9 Å². The number of aliphatic hydroxyl groups excluding tert-OH is 1. The van der Waals surface area contributed by atoms with Gasteiger partial charge in [0, 0.05) is 5.92 Å². The second-order valence-electron chi connectivity index (χ2n) is 4.63. The van der Waals surface area contributed by atoms with E-state index < -0.39 is 17.7 Å². The Hall–Kier alpha value is -1.26. The monoisotopic (exact) mass is 340 g/mol. The van der Waals surface area contributed by atoms with Gasteiger partial charge in [0.25, 0.3) is 0 Å². The topological polar surface area (TPSA) is 20.2 Å². The number of rotatable bonds is 4. The number of benzene rings is 2. The smallest absolute Gasteiger partial charge is 0.146 e. The van der Waals surface area contributed by atoms with Gasteiger partial charge in [-0.1, -0.05) is 37.3 Å². The predicted octanol–water partition coefficient (Wildman–Crippen LogP) is 4.95. The summed E-state index contributed by atoms with van der Waals surface area (Å²) >= 11 is 3.02. The molecule has 0 aromatic heterocycles. The number of hydrogen-bond donors (Lipinski definition) is 1. The lowest BCUT2D eigenvalue weighted by atomic mass is 9.87. The lowest BCUT2D eigenvalue weighted by Gasteiger charge is -2.23. The van der Waals surface area contributed by atoms with E-state index in [-0.39, 0.29) is 16.0 Å². The van der Waals surface area contributed by atoms with E-state index in [1.165, 1.54) is 6.07 Å². The van der Waals surface area contributed by atoms with Crippen molar-refractivity contribution in [2.24, 2.45) is 0 Å². The Morgan fingerprint density at radius 1 is 1.10 bits per heavy atom. The van der Waals surface area contributed by atoms with E-state index in [9.17, 15) is 13.9 Å². The molecule has 2 aromatic carbocycles. The maximum absolute atomic E-state index is 14.1. The molecule has 106 valence electrons. The summed E-state index contributed by atoms with van der Waals surface area (Å²) in [4.78, 5) is 0. The van der Waals surface area contributed by atoms with Gasteiger partial charge in [-0.3, -0.25) is 0 Å². The molecule has 2 atom stereocenters. The molecule has 0 aliphatic rings. The van der Waals surface area contributed by atoms with Crippen molar-refractivity contribution in [3.05, 3.63) is 69.7 Å². The Morgan fingerprint density at radius 2 is 1.75 bits per heavy atom. The van der Waals surface area contributed by atoms with Gasteiger partial charge in [-0.25, -0.2) is 8.78 Å². The van der Waals surface area contributed by atoms with Crippen molar-refractivity contribution in [1.29, 1.82) is 0 Å². The second-order valence-corrected chi connectivity index (χ2v) is 5.48. The minimum atomic E-state index is -1.22. The Morgan fingerprint density at radius 3 is 2.35 bits per heavy atom. The van der Waals surface area contributed by atoms with E-state index in [2.05, 4.69) is 15.9 Å². The normalized spacial score (nSPS) is 14.1. The van der Waals surface area contributed by atoms with Gasteiger partial charge in [-0.15, -0.1) is 0 Å². The van der Waals surface area contributed by atoms with Crippen molar-refractivity contribution in [3.8, 4) is 0 Å². The number of aliphatic hydroxyl groups is 1. The third kappa shape index (κ3) is 2.91. The van der Waals surface area contributed by atoms with Gasteiger partial charge >= 0.3 is 0 Å². The molecule has 2 aromatic rings. The maximum Gasteiger partial charge on any atom is 0.146 e. The Balaban J connectivity index is 2.44. The molecule has 2 unspecified atom stereocenters. The third-order valence-electron chi connectivity index (χ3n) is 3.42. The third-order valence-corrected chi connectivity index (χ3v) is 4.04. The summed E-state index contributed by atoms with van der Waals surface area (Å²) in [5, 5.41) is 10.4. The lowest BCUT2D eigenvalue weighted by molar-refractivity contribution is 0.133. The molecule has 0 radical (unpaired) electrons. The summed E-state index contributed by atoms with van der Waals surface area (Å²) in [6.45, 7) is 1.88. The van der Waals surface area contributed by atoms with Crippen LogP contribution in [0.5, 0.6) is 0 Å². The van der Waals surface area contributed by atoms with Crippen molar-refractivity contribution >= 4 is 15.9 Å². The SMILES string of the molecule is CCC(c1ccccc1)C(O)c1c(F)ccc(Br)c1F. The summed E-state index contributed by atoms with van der Waals surface area (Å²) in [6.07, 6.45) is -0.642. The minimum Gasteiger partial charge on any atom is -0.388 e. The molecular formula is C16H15BrF2O. The summed E-state index contributed by atoms with van der Waals surface area (Å²) in [5.41, 5.74) is 0.580. The fraction of sp³-hybridized carbons (Fsp3) is 0.250. The van der Waals surface area contributed by atoms with Crippen LogP contribution in [-0.2, 0) is 0 Å². The molecule has 0 saturated carbocycles. The van der Waals surface area contributed by atoms with Crippen molar-refractivity contribution in [1.82, 2.24) is 0 Å². The van der Waals surface area contributed by atoms with E-state index in [1.54, 1.807) is 0 Å². The summed E-state index contributed by atoms with van der Waals surface area (Å²) < 4.78 is 28.1. The molecule has 0 amide bonds. The highest BCUT2D eigenvalue weighted by Crippen LogP contribution is 2.37. The Labute approximate surface area is 125 Å². The molecule has 1 N–H and O–H groups in total. The van der Waals surface area contributed by atoms with Crippen LogP contribution >= 0.6 is 15.9 Å². The second kappa shape index (κ2) is 6.46. The first-order valence-corrected chi connectivity index (χ1v) is 7.22. The zero-order valence-electron chi connectivity index (χ0n) is 11.0. The fourth-order valence-electron chi connectivity index (χ4n) is 2.36. The van der Waals surface area contributed by atoms with E-state index in [4.69, 9.17) is 0 Å². The standard InChI is InChI=1S/C16H15BrF2O/c1-2-11(10-6-4-3-5-7-10)16(20)14-13(18)9-8-12(17)15(14)19/h3-9,11,16,20H,2H2,1H3. The maximum atomic E-state index is 14.1. The van der Waals surface area contributed by atoms with Crippen LogP contribution in [0, 0.1) is 11.6 Å². The molecule has 0 spiro atoms. The average Bonchev–Trinajstić information content (AvgIpc) is 2.45. The lowest BCUT2D eigenvalue weighted by Crippen LogP contribution is -2.14. The highest BCUT2D eigenvalue weighted by atomic mass is 79.9. The van der Waals surface area contributed by atoms with Gasteiger partial charge in [-0.05, 0) is 40.0 Å². The van der Waals surface area contributed by atoms with Gasteiger partial charge in [-0.2, -0.15) is 0 Å². The molecule has 0 aliphatic heterocycles. The van der Waals surface area contributed by atoms with E-state index in [0.29, 0.717) is 6.42 Å². The van der Waals surface area contributed by atoms with Crippen LogP contribution in [-0.4, -0.2) is 5.11 Å². The molecule has 0 aliphatic carbocycles. The Kier molecular flexibility index (Phi) is 4.89. The first-order chi connectivity index (χ1) is 9.56.